The molecule has 0 radical (unpaired) electrons. The van der Waals surface area contributed by atoms with Crippen molar-refractivity contribution < 1.29 is 28.3 Å². The maximum atomic E-state index is 13.2. The Kier molecular flexibility index (Phi) is 4.30. The summed E-state index contributed by atoms with van der Waals surface area (Å²) in [6.07, 6.45) is 1.04. The molecule has 0 aliphatic heterocycles. The molecule has 2 amide bonds. The summed E-state index contributed by atoms with van der Waals surface area (Å²) < 4.78 is 26.3. The summed E-state index contributed by atoms with van der Waals surface area (Å²) >= 11 is 0. The molecular weight excluding hydrogens is 312 g/mol. The maximum absolute atomic E-state index is 13.2. The van der Waals surface area contributed by atoms with Gasteiger partial charge in [-0.25, -0.2) is 13.6 Å². The number of aromatic nitrogens is 1. The maximum Gasteiger partial charge on any atom is 0.337 e. The first kappa shape index (κ1) is 16.0. The number of carboxylic acid groups (broad SMARTS) is 1. The number of hydrogen-bond acceptors (Lipinski definition) is 4. The minimum absolute atomic E-state index is 0.0314. The zero-order valence-electron chi connectivity index (χ0n) is 11.3. The Bertz CT molecular complexity index is 806. The molecule has 0 aliphatic carbocycles. The topological polar surface area (TPSA) is 122 Å². The van der Waals surface area contributed by atoms with Gasteiger partial charge in [0.2, 0.25) is 0 Å². The summed E-state index contributed by atoms with van der Waals surface area (Å²) in [5.41, 5.74) is 3.87. The van der Waals surface area contributed by atoms with Crippen LogP contribution in [-0.2, 0) is 0 Å². The van der Waals surface area contributed by atoms with E-state index in [0.29, 0.717) is 12.1 Å². The first-order valence-corrected chi connectivity index (χ1v) is 6.09. The highest BCUT2D eigenvalue weighted by Gasteiger charge is 2.18. The van der Waals surface area contributed by atoms with E-state index >= 15 is 0 Å². The Balaban J connectivity index is 2.31. The van der Waals surface area contributed by atoms with Crippen molar-refractivity contribution in [3.05, 3.63) is 58.9 Å². The molecule has 1 heterocycles. The van der Waals surface area contributed by atoms with E-state index in [1.54, 1.807) is 0 Å². The van der Waals surface area contributed by atoms with E-state index in [2.05, 4.69) is 10.3 Å². The Morgan fingerprint density at radius 3 is 2.30 bits per heavy atom. The summed E-state index contributed by atoms with van der Waals surface area (Å²) in [6.45, 7) is 0. The summed E-state index contributed by atoms with van der Waals surface area (Å²) in [5.74, 6) is -5.81. The number of primary amides is 1. The lowest BCUT2D eigenvalue weighted by Crippen LogP contribution is -2.17. The first-order chi connectivity index (χ1) is 10.8. The summed E-state index contributed by atoms with van der Waals surface area (Å²) in [7, 11) is 0. The zero-order valence-corrected chi connectivity index (χ0v) is 11.3. The number of carboxylic acids is 1. The van der Waals surface area contributed by atoms with Gasteiger partial charge in [-0.2, -0.15) is 0 Å². The van der Waals surface area contributed by atoms with Gasteiger partial charge < -0.3 is 16.2 Å². The largest absolute Gasteiger partial charge is 0.478 e. The normalized spacial score (nSPS) is 10.2. The number of nitrogens with zero attached hydrogens (tertiary/aromatic N) is 1. The van der Waals surface area contributed by atoms with Crippen LogP contribution in [0.25, 0.3) is 0 Å². The van der Waals surface area contributed by atoms with Crippen molar-refractivity contribution in [3.63, 3.8) is 0 Å². The fourth-order valence-electron chi connectivity index (χ4n) is 1.70. The van der Waals surface area contributed by atoms with Crippen LogP contribution in [0.4, 0.5) is 14.5 Å². The molecule has 0 unspecified atom stereocenters. The standard InChI is InChI=1S/C14H9F2N3O4/c15-8-3-7(14(22)23)11(4-9(8)16)19-13(21)6-1-2-10(12(17)20)18-5-6/h1-5H,(H2,17,20)(H,19,21)(H,22,23). The van der Waals surface area contributed by atoms with Crippen molar-refractivity contribution in [1.29, 1.82) is 0 Å². The van der Waals surface area contributed by atoms with E-state index in [-0.39, 0.29) is 11.3 Å². The molecule has 7 nitrogen and oxygen atoms in total. The van der Waals surface area contributed by atoms with Crippen LogP contribution >= 0.6 is 0 Å². The second-order valence-corrected chi connectivity index (χ2v) is 4.37. The van der Waals surface area contributed by atoms with Gasteiger partial charge in [-0.15, -0.1) is 0 Å². The predicted molar refractivity (Wildman–Crippen MR) is 74.0 cm³/mol. The van der Waals surface area contributed by atoms with Crippen LogP contribution in [0.1, 0.15) is 31.2 Å². The van der Waals surface area contributed by atoms with Gasteiger partial charge in [0.1, 0.15) is 5.69 Å². The third kappa shape index (κ3) is 3.46. The second kappa shape index (κ2) is 6.18. The number of rotatable bonds is 4. The number of anilines is 1. The van der Waals surface area contributed by atoms with Gasteiger partial charge in [0.05, 0.1) is 16.8 Å². The Morgan fingerprint density at radius 2 is 1.78 bits per heavy atom. The lowest BCUT2D eigenvalue weighted by atomic mass is 10.1. The lowest BCUT2D eigenvalue weighted by Gasteiger charge is -2.09. The highest BCUT2D eigenvalue weighted by atomic mass is 19.2. The molecule has 2 aromatic rings. The molecule has 9 heteroatoms. The van der Waals surface area contributed by atoms with E-state index in [4.69, 9.17) is 10.8 Å². The SMILES string of the molecule is NC(=O)c1ccc(C(=O)Nc2cc(F)c(F)cc2C(=O)O)cn1. The van der Waals surface area contributed by atoms with Gasteiger partial charge in [-0.05, 0) is 18.2 Å². The van der Waals surface area contributed by atoms with Crippen LogP contribution in [0.3, 0.4) is 0 Å². The summed E-state index contributed by atoms with van der Waals surface area (Å²) in [5, 5.41) is 11.1. The number of nitrogens with one attached hydrogen (secondary N) is 1. The fraction of sp³-hybridized carbons (Fsp3) is 0. The van der Waals surface area contributed by atoms with Crippen molar-refractivity contribution in [2.75, 3.05) is 5.32 Å². The molecule has 0 spiro atoms. The van der Waals surface area contributed by atoms with Crippen LogP contribution in [0.2, 0.25) is 0 Å². The smallest absolute Gasteiger partial charge is 0.337 e. The Hall–Kier alpha value is -3.36. The monoisotopic (exact) mass is 321 g/mol. The number of halogens is 2. The Labute approximate surface area is 127 Å². The number of pyridine rings is 1. The minimum atomic E-state index is -1.54. The van der Waals surface area contributed by atoms with Crippen molar-refractivity contribution in [2.24, 2.45) is 5.73 Å². The minimum Gasteiger partial charge on any atom is -0.478 e. The van der Waals surface area contributed by atoms with Crippen LogP contribution in [0.15, 0.2) is 30.5 Å². The number of carbonyl (C=O) groups is 3. The third-order valence-electron chi connectivity index (χ3n) is 2.82. The number of aromatic carboxylic acids is 1. The van der Waals surface area contributed by atoms with Crippen molar-refractivity contribution in [3.8, 4) is 0 Å². The molecule has 2 rings (SSSR count). The summed E-state index contributed by atoms with van der Waals surface area (Å²) in [4.78, 5) is 37.5. The molecule has 1 aromatic carbocycles. The van der Waals surface area contributed by atoms with Gasteiger partial charge >= 0.3 is 5.97 Å². The quantitative estimate of drug-likeness (QED) is 0.786. The van der Waals surface area contributed by atoms with Crippen LogP contribution < -0.4 is 11.1 Å². The molecule has 0 atom stereocenters. The number of benzene rings is 1. The van der Waals surface area contributed by atoms with Gasteiger partial charge in [0.25, 0.3) is 11.8 Å². The average Bonchev–Trinajstić information content (AvgIpc) is 2.50. The molecule has 0 fully saturated rings. The van der Waals surface area contributed by atoms with Gasteiger partial charge in [-0.1, -0.05) is 0 Å². The zero-order chi connectivity index (χ0) is 17.1. The second-order valence-electron chi connectivity index (χ2n) is 4.37. The molecule has 0 saturated carbocycles. The number of nitrogens with two attached hydrogens (primary N) is 1. The lowest BCUT2D eigenvalue weighted by molar-refractivity contribution is 0.0697. The number of amides is 2. The molecule has 1 aromatic heterocycles. The average molecular weight is 321 g/mol. The van der Waals surface area contributed by atoms with Gasteiger partial charge in [-0.3, -0.25) is 14.6 Å². The van der Waals surface area contributed by atoms with Gasteiger partial charge in [0, 0.05) is 12.3 Å². The number of carbonyl (C=O) groups excluding carboxylic acids is 2. The predicted octanol–water partition coefficient (Wildman–Crippen LogP) is 1.41. The first-order valence-electron chi connectivity index (χ1n) is 6.09. The molecule has 23 heavy (non-hydrogen) atoms. The number of hydrogen-bond donors (Lipinski definition) is 3. The van der Waals surface area contributed by atoms with E-state index in [1.165, 1.54) is 12.1 Å². The van der Waals surface area contributed by atoms with Crippen molar-refractivity contribution >= 4 is 23.5 Å². The van der Waals surface area contributed by atoms with Gasteiger partial charge in [0.15, 0.2) is 11.6 Å². The summed E-state index contributed by atoms with van der Waals surface area (Å²) in [6, 6.07) is 3.44. The fourth-order valence-corrected chi connectivity index (χ4v) is 1.70. The molecule has 4 N–H and O–H groups in total. The van der Waals surface area contributed by atoms with E-state index in [1.807, 2.05) is 0 Å². The molecular formula is C14H9F2N3O4. The van der Waals surface area contributed by atoms with Crippen LogP contribution in [0.5, 0.6) is 0 Å². The van der Waals surface area contributed by atoms with Crippen LogP contribution in [0, 0.1) is 11.6 Å². The van der Waals surface area contributed by atoms with Crippen molar-refractivity contribution in [1.82, 2.24) is 4.98 Å². The molecule has 0 saturated heterocycles. The third-order valence-corrected chi connectivity index (χ3v) is 2.82. The van der Waals surface area contributed by atoms with E-state index < -0.39 is 40.7 Å². The molecule has 0 bridgehead atoms. The highest BCUT2D eigenvalue weighted by molar-refractivity contribution is 6.07. The highest BCUT2D eigenvalue weighted by Crippen LogP contribution is 2.21. The Morgan fingerprint density at radius 1 is 1.13 bits per heavy atom. The van der Waals surface area contributed by atoms with Crippen molar-refractivity contribution in [2.45, 2.75) is 0 Å². The van der Waals surface area contributed by atoms with E-state index in [9.17, 15) is 23.2 Å². The molecule has 118 valence electrons. The molecule has 0 aliphatic rings. The van der Waals surface area contributed by atoms with Crippen LogP contribution in [-0.4, -0.2) is 27.9 Å². The van der Waals surface area contributed by atoms with E-state index in [0.717, 1.165) is 6.20 Å².